The van der Waals surface area contributed by atoms with Gasteiger partial charge in [0.2, 0.25) is 11.8 Å². The summed E-state index contributed by atoms with van der Waals surface area (Å²) >= 11 is 0. The van der Waals surface area contributed by atoms with Crippen LogP contribution < -0.4 is 0 Å². The molecule has 0 saturated heterocycles. The van der Waals surface area contributed by atoms with Crippen molar-refractivity contribution >= 4 is 5.97 Å². The van der Waals surface area contributed by atoms with Crippen LogP contribution in [0.4, 0.5) is 0 Å². The van der Waals surface area contributed by atoms with Crippen molar-refractivity contribution in [3.8, 4) is 34.0 Å². The lowest BCUT2D eigenvalue weighted by atomic mass is 9.96. The highest BCUT2D eigenvalue weighted by Gasteiger charge is 2.27. The molecule has 0 spiro atoms. The number of aromatic nitrogens is 2. The molecule has 180 valence electrons. The number of nitrogens with zero attached hydrogens (tertiary/aromatic N) is 3. The predicted octanol–water partition coefficient (Wildman–Crippen LogP) is 6.31. The maximum Gasteiger partial charge on any atom is 0.321 e. The van der Waals surface area contributed by atoms with E-state index in [2.05, 4.69) is 35.3 Å². The SMILES string of the molecule is CC[C@H](C)[C@@H](C(=O)O)N(C)Cc1cccc(-c2nnc(-c3cccc(-c4ccccc4)c3C)o2)c1. The van der Waals surface area contributed by atoms with E-state index in [0.29, 0.717) is 18.3 Å². The van der Waals surface area contributed by atoms with Gasteiger partial charge >= 0.3 is 5.97 Å². The first-order chi connectivity index (χ1) is 16.9. The Morgan fingerprint density at radius 1 is 0.943 bits per heavy atom. The number of benzene rings is 3. The van der Waals surface area contributed by atoms with Gasteiger partial charge in [0.15, 0.2) is 0 Å². The second kappa shape index (κ2) is 10.7. The molecule has 0 aliphatic heterocycles. The molecule has 0 unspecified atom stereocenters. The molecule has 2 atom stereocenters. The number of carboxylic acid groups (broad SMARTS) is 1. The number of likely N-dealkylation sites (N-methyl/N-ethyl adjacent to an activating group) is 1. The van der Waals surface area contributed by atoms with Crippen LogP contribution >= 0.6 is 0 Å². The lowest BCUT2D eigenvalue weighted by molar-refractivity contribution is -0.145. The molecule has 4 aromatic rings. The van der Waals surface area contributed by atoms with Crippen LogP contribution in [0.25, 0.3) is 34.0 Å². The minimum Gasteiger partial charge on any atom is -0.480 e. The van der Waals surface area contributed by atoms with Gasteiger partial charge in [-0.3, -0.25) is 9.69 Å². The third kappa shape index (κ3) is 5.33. The van der Waals surface area contributed by atoms with Crippen molar-refractivity contribution in [1.29, 1.82) is 0 Å². The Balaban J connectivity index is 1.59. The van der Waals surface area contributed by atoms with E-state index in [1.54, 1.807) is 0 Å². The second-order valence-corrected chi connectivity index (χ2v) is 9.04. The van der Waals surface area contributed by atoms with Gasteiger partial charge in [0, 0.05) is 17.7 Å². The number of carbonyl (C=O) groups is 1. The van der Waals surface area contributed by atoms with E-state index >= 15 is 0 Å². The lowest BCUT2D eigenvalue weighted by Gasteiger charge is -2.29. The molecule has 0 saturated carbocycles. The van der Waals surface area contributed by atoms with Crippen LogP contribution in [0.1, 0.15) is 31.4 Å². The number of hydrogen-bond donors (Lipinski definition) is 1. The monoisotopic (exact) mass is 469 g/mol. The van der Waals surface area contributed by atoms with Gasteiger partial charge in [-0.2, -0.15) is 0 Å². The Morgan fingerprint density at radius 2 is 1.60 bits per heavy atom. The van der Waals surface area contributed by atoms with Crippen LogP contribution in [0, 0.1) is 12.8 Å². The Labute approximate surface area is 206 Å². The summed E-state index contributed by atoms with van der Waals surface area (Å²) in [5, 5.41) is 18.3. The van der Waals surface area contributed by atoms with E-state index in [1.807, 2.05) is 80.4 Å². The molecule has 1 aromatic heterocycles. The number of hydrogen-bond acceptors (Lipinski definition) is 5. The number of aliphatic carboxylic acids is 1. The highest BCUT2D eigenvalue weighted by Crippen LogP contribution is 2.32. The van der Waals surface area contributed by atoms with Gasteiger partial charge < -0.3 is 9.52 Å². The molecule has 1 heterocycles. The maximum absolute atomic E-state index is 11.8. The van der Waals surface area contributed by atoms with Crippen LogP contribution in [0.15, 0.2) is 77.2 Å². The zero-order valence-electron chi connectivity index (χ0n) is 20.6. The molecular formula is C29H31N3O3. The fourth-order valence-electron chi connectivity index (χ4n) is 4.53. The molecule has 4 rings (SSSR count). The van der Waals surface area contributed by atoms with Crippen LogP contribution in [-0.4, -0.2) is 39.3 Å². The summed E-state index contributed by atoms with van der Waals surface area (Å²) in [6.45, 7) is 6.56. The van der Waals surface area contributed by atoms with Crippen molar-refractivity contribution in [2.24, 2.45) is 5.92 Å². The second-order valence-electron chi connectivity index (χ2n) is 9.04. The normalized spacial score (nSPS) is 13.1. The fraction of sp³-hybridized carbons (Fsp3) is 0.276. The van der Waals surface area contributed by atoms with Crippen LogP contribution in [0.5, 0.6) is 0 Å². The highest BCUT2D eigenvalue weighted by atomic mass is 16.4. The maximum atomic E-state index is 11.8. The van der Waals surface area contributed by atoms with Crippen LogP contribution in [-0.2, 0) is 11.3 Å². The Morgan fingerprint density at radius 3 is 2.31 bits per heavy atom. The average molecular weight is 470 g/mol. The van der Waals surface area contributed by atoms with E-state index in [0.717, 1.165) is 39.8 Å². The number of rotatable bonds is 9. The lowest BCUT2D eigenvalue weighted by Crippen LogP contribution is -2.42. The van der Waals surface area contributed by atoms with E-state index in [1.165, 1.54) is 0 Å². The number of carboxylic acids is 1. The summed E-state index contributed by atoms with van der Waals surface area (Å²) in [7, 11) is 1.85. The summed E-state index contributed by atoms with van der Waals surface area (Å²) in [4.78, 5) is 13.7. The molecule has 35 heavy (non-hydrogen) atoms. The van der Waals surface area contributed by atoms with Crippen molar-refractivity contribution in [2.75, 3.05) is 7.05 Å². The summed E-state index contributed by atoms with van der Waals surface area (Å²) in [6, 6.07) is 23.6. The summed E-state index contributed by atoms with van der Waals surface area (Å²) < 4.78 is 6.10. The molecule has 6 heteroatoms. The standard InChI is InChI=1S/C29H31N3O3/c1-5-19(2)26(29(33)34)32(4)18-21-11-9-14-23(17-21)27-30-31-28(35-27)25-16-10-15-24(20(25)3)22-12-7-6-8-13-22/h6-17,19,26H,5,18H2,1-4H3,(H,33,34)/t19-,26-/m0/s1. The Hall–Kier alpha value is -3.77. The zero-order valence-corrected chi connectivity index (χ0v) is 20.6. The van der Waals surface area contributed by atoms with Crippen LogP contribution in [0.2, 0.25) is 0 Å². The summed E-state index contributed by atoms with van der Waals surface area (Å²) in [6.07, 6.45) is 0.803. The molecule has 1 N–H and O–H groups in total. The minimum absolute atomic E-state index is 0.0501. The third-order valence-corrected chi connectivity index (χ3v) is 6.59. The molecular weight excluding hydrogens is 438 g/mol. The highest BCUT2D eigenvalue weighted by molar-refractivity contribution is 5.75. The Bertz CT molecular complexity index is 1300. The minimum atomic E-state index is -0.798. The molecule has 6 nitrogen and oxygen atoms in total. The molecule has 0 amide bonds. The van der Waals surface area contributed by atoms with Gasteiger partial charge in [-0.15, -0.1) is 10.2 Å². The van der Waals surface area contributed by atoms with Gasteiger partial charge in [0.05, 0.1) is 0 Å². The molecule has 0 aliphatic carbocycles. The van der Waals surface area contributed by atoms with Crippen molar-refractivity contribution < 1.29 is 14.3 Å². The van der Waals surface area contributed by atoms with Gasteiger partial charge in [-0.1, -0.05) is 74.9 Å². The van der Waals surface area contributed by atoms with Gasteiger partial charge in [0.1, 0.15) is 6.04 Å². The van der Waals surface area contributed by atoms with Gasteiger partial charge in [0.25, 0.3) is 0 Å². The molecule has 0 aliphatic rings. The summed E-state index contributed by atoms with van der Waals surface area (Å²) in [5.41, 5.74) is 6.04. The fourth-order valence-corrected chi connectivity index (χ4v) is 4.53. The van der Waals surface area contributed by atoms with Gasteiger partial charge in [-0.05, 0) is 60.3 Å². The first-order valence-corrected chi connectivity index (χ1v) is 11.9. The third-order valence-electron chi connectivity index (χ3n) is 6.59. The van der Waals surface area contributed by atoms with Crippen LogP contribution in [0.3, 0.4) is 0 Å². The van der Waals surface area contributed by atoms with Crippen molar-refractivity contribution in [3.63, 3.8) is 0 Å². The van der Waals surface area contributed by atoms with E-state index in [9.17, 15) is 9.90 Å². The summed E-state index contributed by atoms with van der Waals surface area (Å²) in [5.74, 6) is 0.160. The average Bonchev–Trinajstić information content (AvgIpc) is 3.35. The first kappa shape index (κ1) is 24.4. The molecule has 0 bridgehead atoms. The quantitative estimate of drug-likeness (QED) is 0.309. The van der Waals surface area contributed by atoms with E-state index in [-0.39, 0.29) is 5.92 Å². The molecule has 0 radical (unpaired) electrons. The Kier molecular flexibility index (Phi) is 7.42. The predicted molar refractivity (Wildman–Crippen MR) is 138 cm³/mol. The van der Waals surface area contributed by atoms with E-state index in [4.69, 9.17) is 4.42 Å². The smallest absolute Gasteiger partial charge is 0.321 e. The largest absolute Gasteiger partial charge is 0.480 e. The van der Waals surface area contributed by atoms with Gasteiger partial charge in [-0.25, -0.2) is 0 Å². The van der Waals surface area contributed by atoms with Crippen molar-refractivity contribution in [3.05, 3.63) is 83.9 Å². The van der Waals surface area contributed by atoms with Crippen molar-refractivity contribution in [2.45, 2.75) is 39.8 Å². The van der Waals surface area contributed by atoms with Crippen molar-refractivity contribution in [1.82, 2.24) is 15.1 Å². The van der Waals surface area contributed by atoms with E-state index < -0.39 is 12.0 Å². The molecule has 3 aromatic carbocycles. The zero-order chi connectivity index (χ0) is 24.9. The first-order valence-electron chi connectivity index (χ1n) is 11.9. The molecule has 0 fully saturated rings. The topological polar surface area (TPSA) is 79.5 Å².